The smallest absolute Gasteiger partial charge is 0.257 e. The first-order chi connectivity index (χ1) is 5.82. The average Bonchev–Trinajstić information content (AvgIpc) is 2.29. The maximum absolute atomic E-state index is 10.9. The summed E-state index contributed by atoms with van der Waals surface area (Å²) in [6.45, 7) is 5.64. The van der Waals surface area contributed by atoms with Gasteiger partial charge in [-0.1, -0.05) is 0 Å². The lowest BCUT2D eigenvalue weighted by molar-refractivity contribution is 0.580. The van der Waals surface area contributed by atoms with Gasteiger partial charge in [-0.2, -0.15) is 0 Å². The van der Waals surface area contributed by atoms with Crippen LogP contribution in [0.1, 0.15) is 25.7 Å². The molecule has 0 aliphatic carbocycles. The van der Waals surface area contributed by atoms with Crippen molar-refractivity contribution in [1.29, 1.82) is 0 Å². The summed E-state index contributed by atoms with van der Waals surface area (Å²) in [4.78, 5) is 3.85. The molecule has 1 rings (SSSR count). The number of hydrogen-bond acceptors (Lipinski definition) is 3. The molecular formula is C7H13N3O2S. The lowest BCUT2D eigenvalue weighted by atomic mass is 10.4. The number of nitrogens with zero attached hydrogens (tertiary/aromatic N) is 2. The molecule has 0 amide bonds. The van der Waals surface area contributed by atoms with Crippen LogP contribution in [0.4, 0.5) is 0 Å². The Morgan fingerprint density at radius 2 is 2.08 bits per heavy atom. The van der Waals surface area contributed by atoms with Gasteiger partial charge in [-0.05, 0) is 20.8 Å². The van der Waals surface area contributed by atoms with Crippen LogP contribution >= 0.6 is 0 Å². The van der Waals surface area contributed by atoms with Crippen LogP contribution in [0.3, 0.4) is 0 Å². The van der Waals surface area contributed by atoms with Crippen molar-refractivity contribution in [3.8, 4) is 0 Å². The molecule has 1 heterocycles. The standard InChI is InChI=1S/C7H13N3O2S/c1-5(2)10-4-7(9-6(10)3)13(8,11)12/h4-5H,1-3H3,(H2,8,11,12). The zero-order chi connectivity index (χ0) is 10.2. The second-order valence-electron chi connectivity index (χ2n) is 3.17. The summed E-state index contributed by atoms with van der Waals surface area (Å²) in [6.07, 6.45) is 1.45. The second-order valence-corrected chi connectivity index (χ2v) is 4.68. The van der Waals surface area contributed by atoms with Gasteiger partial charge in [0.15, 0.2) is 5.03 Å². The number of aryl methyl sites for hydroxylation is 1. The molecule has 0 aliphatic heterocycles. The molecule has 0 saturated carbocycles. The molecule has 5 nitrogen and oxygen atoms in total. The van der Waals surface area contributed by atoms with Crippen molar-refractivity contribution < 1.29 is 8.42 Å². The Morgan fingerprint density at radius 3 is 2.31 bits per heavy atom. The van der Waals surface area contributed by atoms with Crippen molar-refractivity contribution in [1.82, 2.24) is 9.55 Å². The van der Waals surface area contributed by atoms with E-state index in [1.165, 1.54) is 6.20 Å². The lowest BCUT2D eigenvalue weighted by Gasteiger charge is -2.07. The Kier molecular flexibility index (Phi) is 2.44. The van der Waals surface area contributed by atoms with E-state index in [9.17, 15) is 8.42 Å². The van der Waals surface area contributed by atoms with E-state index >= 15 is 0 Å². The van der Waals surface area contributed by atoms with Crippen molar-refractivity contribution in [3.05, 3.63) is 12.0 Å². The summed E-state index contributed by atoms with van der Waals surface area (Å²) in [5, 5.41) is 4.86. The van der Waals surface area contributed by atoms with E-state index in [4.69, 9.17) is 5.14 Å². The molecule has 74 valence electrons. The zero-order valence-electron chi connectivity index (χ0n) is 7.85. The number of imidazole rings is 1. The summed E-state index contributed by atoms with van der Waals surface area (Å²) >= 11 is 0. The molecule has 0 atom stereocenters. The maximum Gasteiger partial charge on any atom is 0.257 e. The number of nitrogens with two attached hydrogens (primary N) is 1. The van der Waals surface area contributed by atoms with Crippen LogP contribution in [-0.2, 0) is 10.0 Å². The van der Waals surface area contributed by atoms with Crippen LogP contribution in [0.5, 0.6) is 0 Å². The third kappa shape index (κ3) is 2.07. The van der Waals surface area contributed by atoms with Crippen molar-refractivity contribution >= 4 is 10.0 Å². The molecule has 0 fully saturated rings. The third-order valence-corrected chi connectivity index (χ3v) is 2.52. The number of primary sulfonamides is 1. The summed E-state index contributed by atoms with van der Waals surface area (Å²) < 4.78 is 23.6. The normalized spacial score (nSPS) is 12.4. The molecule has 0 unspecified atom stereocenters. The Labute approximate surface area is 77.6 Å². The van der Waals surface area contributed by atoms with Gasteiger partial charge in [-0.25, -0.2) is 18.5 Å². The van der Waals surface area contributed by atoms with Crippen LogP contribution in [0.2, 0.25) is 0 Å². The van der Waals surface area contributed by atoms with Gasteiger partial charge in [0, 0.05) is 12.2 Å². The highest BCUT2D eigenvalue weighted by Crippen LogP contribution is 2.12. The van der Waals surface area contributed by atoms with E-state index in [0.717, 1.165) is 0 Å². The van der Waals surface area contributed by atoms with E-state index in [-0.39, 0.29) is 11.1 Å². The highest BCUT2D eigenvalue weighted by atomic mass is 32.2. The van der Waals surface area contributed by atoms with Crippen LogP contribution in [-0.4, -0.2) is 18.0 Å². The molecular weight excluding hydrogens is 190 g/mol. The third-order valence-electron chi connectivity index (χ3n) is 1.74. The summed E-state index contributed by atoms with van der Waals surface area (Å²) in [7, 11) is -3.67. The Hall–Kier alpha value is -0.880. The zero-order valence-corrected chi connectivity index (χ0v) is 8.67. The molecule has 0 bridgehead atoms. The Balaban J connectivity index is 3.25. The molecule has 13 heavy (non-hydrogen) atoms. The minimum Gasteiger partial charge on any atom is -0.331 e. The number of aromatic nitrogens is 2. The predicted molar refractivity (Wildman–Crippen MR) is 48.7 cm³/mol. The summed E-state index contributed by atoms with van der Waals surface area (Å²) in [5.41, 5.74) is 0. The Morgan fingerprint density at radius 1 is 1.54 bits per heavy atom. The highest BCUT2D eigenvalue weighted by Gasteiger charge is 2.14. The van der Waals surface area contributed by atoms with Gasteiger partial charge in [-0.15, -0.1) is 0 Å². The predicted octanol–water partition coefficient (Wildman–Crippen LogP) is 0.420. The quantitative estimate of drug-likeness (QED) is 0.756. The molecule has 1 aromatic heterocycles. The molecule has 0 aliphatic rings. The number of hydrogen-bond donors (Lipinski definition) is 1. The maximum atomic E-state index is 10.9. The van der Waals surface area contributed by atoms with Gasteiger partial charge in [-0.3, -0.25) is 0 Å². The number of rotatable bonds is 2. The van der Waals surface area contributed by atoms with Gasteiger partial charge in [0.1, 0.15) is 5.82 Å². The van der Waals surface area contributed by atoms with Gasteiger partial charge < -0.3 is 4.57 Å². The monoisotopic (exact) mass is 203 g/mol. The molecule has 0 saturated heterocycles. The molecule has 6 heteroatoms. The topological polar surface area (TPSA) is 78.0 Å². The molecule has 0 aromatic carbocycles. The van der Waals surface area contributed by atoms with Crippen LogP contribution in [0.25, 0.3) is 0 Å². The van der Waals surface area contributed by atoms with E-state index in [0.29, 0.717) is 5.82 Å². The van der Waals surface area contributed by atoms with Gasteiger partial charge in [0.05, 0.1) is 0 Å². The fourth-order valence-electron chi connectivity index (χ4n) is 1.12. The van der Waals surface area contributed by atoms with E-state index in [2.05, 4.69) is 4.98 Å². The van der Waals surface area contributed by atoms with Crippen molar-refractivity contribution in [2.45, 2.75) is 31.8 Å². The van der Waals surface area contributed by atoms with Gasteiger partial charge in [0.25, 0.3) is 10.0 Å². The molecule has 0 spiro atoms. The van der Waals surface area contributed by atoms with Crippen LogP contribution < -0.4 is 5.14 Å². The lowest BCUT2D eigenvalue weighted by Crippen LogP contribution is -2.12. The fourth-order valence-corrected chi connectivity index (χ4v) is 1.64. The van der Waals surface area contributed by atoms with E-state index in [1.807, 2.05) is 13.8 Å². The number of sulfonamides is 1. The minimum atomic E-state index is -3.67. The summed E-state index contributed by atoms with van der Waals surface area (Å²) in [6, 6.07) is 0.183. The van der Waals surface area contributed by atoms with Crippen LogP contribution in [0, 0.1) is 6.92 Å². The van der Waals surface area contributed by atoms with Crippen molar-refractivity contribution in [2.24, 2.45) is 5.14 Å². The van der Waals surface area contributed by atoms with E-state index in [1.54, 1.807) is 11.5 Å². The van der Waals surface area contributed by atoms with E-state index < -0.39 is 10.0 Å². The first-order valence-electron chi connectivity index (χ1n) is 3.90. The molecule has 2 N–H and O–H groups in total. The fraction of sp³-hybridized carbons (Fsp3) is 0.571. The largest absolute Gasteiger partial charge is 0.331 e. The minimum absolute atomic E-state index is 0.0706. The Bertz CT molecular complexity index is 405. The van der Waals surface area contributed by atoms with Crippen molar-refractivity contribution in [2.75, 3.05) is 0 Å². The first kappa shape index (κ1) is 10.2. The van der Waals surface area contributed by atoms with Gasteiger partial charge >= 0.3 is 0 Å². The van der Waals surface area contributed by atoms with Crippen molar-refractivity contribution in [3.63, 3.8) is 0 Å². The highest BCUT2D eigenvalue weighted by molar-refractivity contribution is 7.89. The summed E-state index contributed by atoms with van der Waals surface area (Å²) in [5.74, 6) is 0.652. The molecule has 0 radical (unpaired) electrons. The molecule has 1 aromatic rings. The second kappa shape index (κ2) is 3.12. The van der Waals surface area contributed by atoms with Crippen LogP contribution in [0.15, 0.2) is 11.2 Å². The first-order valence-corrected chi connectivity index (χ1v) is 5.45. The average molecular weight is 203 g/mol. The SMILES string of the molecule is Cc1nc(S(N)(=O)=O)cn1C(C)C. The van der Waals surface area contributed by atoms with Gasteiger partial charge in [0.2, 0.25) is 0 Å².